The van der Waals surface area contributed by atoms with Gasteiger partial charge in [0, 0.05) is 0 Å². The van der Waals surface area contributed by atoms with Gasteiger partial charge in [-0.2, -0.15) is 0 Å². The van der Waals surface area contributed by atoms with Crippen molar-refractivity contribution in [1.29, 1.82) is 0 Å². The van der Waals surface area contributed by atoms with Crippen molar-refractivity contribution >= 4 is 0 Å². The highest BCUT2D eigenvalue weighted by atomic mass is 14.0. The molecule has 0 amide bonds. The van der Waals surface area contributed by atoms with E-state index in [9.17, 15) is 0 Å². The monoisotopic (exact) mass is 196 g/mol. The molecule has 0 heteroatoms. The molecule has 84 valence electrons. The molecule has 0 aliphatic carbocycles. The zero-order valence-corrected chi connectivity index (χ0v) is 10.4. The predicted octanol–water partition coefficient (Wildman–Crippen LogP) is 5.34. The fraction of sp³-hybridized carbons (Fsp3) is 0.857. The van der Waals surface area contributed by atoms with Gasteiger partial charge in [-0.1, -0.05) is 65.0 Å². The highest BCUT2D eigenvalue weighted by Crippen LogP contribution is 2.11. The Balaban J connectivity index is 3.18. The second-order valence-corrected chi connectivity index (χ2v) is 4.45. The highest BCUT2D eigenvalue weighted by Gasteiger charge is 1.95. The average Bonchev–Trinajstić information content (AvgIpc) is 2.17. The molecular weight excluding hydrogens is 168 g/mol. The van der Waals surface area contributed by atoms with Crippen LogP contribution in [-0.2, 0) is 0 Å². The minimum Gasteiger partial charge on any atom is -0.0885 e. The molecule has 0 saturated heterocycles. The fourth-order valence-corrected chi connectivity index (χ4v) is 1.75. The summed E-state index contributed by atoms with van der Waals surface area (Å²) in [6, 6.07) is 0. The van der Waals surface area contributed by atoms with Crippen molar-refractivity contribution in [2.24, 2.45) is 5.92 Å². The molecule has 0 aliphatic heterocycles. The maximum absolute atomic E-state index is 2.38. The van der Waals surface area contributed by atoms with Crippen molar-refractivity contribution in [2.75, 3.05) is 0 Å². The lowest BCUT2D eigenvalue weighted by Gasteiger charge is -2.04. The predicted molar refractivity (Wildman–Crippen MR) is 66.6 cm³/mol. The van der Waals surface area contributed by atoms with Gasteiger partial charge in [-0.15, -0.1) is 0 Å². The van der Waals surface area contributed by atoms with E-state index in [1.165, 1.54) is 51.4 Å². The van der Waals surface area contributed by atoms with E-state index in [0.717, 1.165) is 5.92 Å². The average molecular weight is 196 g/mol. The third-order valence-corrected chi connectivity index (χ3v) is 2.71. The first-order valence-electron chi connectivity index (χ1n) is 6.46. The molecule has 0 aromatic heterocycles. The zero-order valence-electron chi connectivity index (χ0n) is 10.4. The van der Waals surface area contributed by atoms with Crippen LogP contribution >= 0.6 is 0 Å². The molecule has 1 atom stereocenters. The van der Waals surface area contributed by atoms with Gasteiger partial charge in [0.05, 0.1) is 0 Å². The van der Waals surface area contributed by atoms with Crippen molar-refractivity contribution in [1.82, 2.24) is 0 Å². The highest BCUT2D eigenvalue weighted by molar-refractivity contribution is 4.82. The zero-order chi connectivity index (χ0) is 10.6. The van der Waals surface area contributed by atoms with Crippen LogP contribution in [0.25, 0.3) is 0 Å². The van der Waals surface area contributed by atoms with Crippen molar-refractivity contribution < 1.29 is 0 Å². The molecule has 0 rings (SSSR count). The van der Waals surface area contributed by atoms with Gasteiger partial charge >= 0.3 is 0 Å². The van der Waals surface area contributed by atoms with Gasteiger partial charge in [0.15, 0.2) is 0 Å². The van der Waals surface area contributed by atoms with Gasteiger partial charge < -0.3 is 0 Å². The normalized spacial score (nSPS) is 13.6. The molecule has 0 bridgehead atoms. The summed E-state index contributed by atoms with van der Waals surface area (Å²) in [7, 11) is 0. The van der Waals surface area contributed by atoms with Crippen LogP contribution in [0.2, 0.25) is 0 Å². The summed E-state index contributed by atoms with van der Waals surface area (Å²) in [6.45, 7) is 6.89. The molecule has 0 spiro atoms. The van der Waals surface area contributed by atoms with Crippen molar-refractivity contribution in [3.8, 4) is 0 Å². The minimum atomic E-state index is 0.881. The first-order valence-corrected chi connectivity index (χ1v) is 6.46. The molecular formula is C14H28. The van der Waals surface area contributed by atoms with Crippen molar-refractivity contribution in [2.45, 2.75) is 72.1 Å². The van der Waals surface area contributed by atoms with Crippen LogP contribution in [0.15, 0.2) is 12.2 Å². The van der Waals surface area contributed by atoms with Gasteiger partial charge in [-0.25, -0.2) is 0 Å². The van der Waals surface area contributed by atoms with Gasteiger partial charge in [0.2, 0.25) is 0 Å². The summed E-state index contributed by atoms with van der Waals surface area (Å²) >= 11 is 0. The van der Waals surface area contributed by atoms with Gasteiger partial charge in [0.1, 0.15) is 0 Å². The lowest BCUT2D eigenvalue weighted by molar-refractivity contribution is 0.531. The second-order valence-electron chi connectivity index (χ2n) is 4.45. The smallest absolute Gasteiger partial charge is 0.0325 e. The Kier molecular flexibility index (Phi) is 10.6. The molecule has 0 aliphatic rings. The van der Waals surface area contributed by atoms with Crippen LogP contribution in [-0.4, -0.2) is 0 Å². The van der Waals surface area contributed by atoms with Gasteiger partial charge in [-0.05, 0) is 25.2 Å². The molecule has 0 fully saturated rings. The van der Waals surface area contributed by atoms with E-state index in [4.69, 9.17) is 0 Å². The Morgan fingerprint density at radius 3 is 2.36 bits per heavy atom. The summed E-state index contributed by atoms with van der Waals surface area (Å²) < 4.78 is 0. The molecule has 14 heavy (non-hydrogen) atoms. The summed E-state index contributed by atoms with van der Waals surface area (Å²) in [4.78, 5) is 0. The van der Waals surface area contributed by atoms with Gasteiger partial charge in [-0.3, -0.25) is 0 Å². The molecule has 1 unspecified atom stereocenters. The van der Waals surface area contributed by atoms with E-state index >= 15 is 0 Å². The van der Waals surface area contributed by atoms with Crippen molar-refractivity contribution in [3.63, 3.8) is 0 Å². The molecule has 0 heterocycles. The van der Waals surface area contributed by atoms with E-state index in [2.05, 4.69) is 32.9 Å². The minimum absolute atomic E-state index is 0.881. The maximum atomic E-state index is 2.38. The van der Waals surface area contributed by atoms with E-state index in [-0.39, 0.29) is 0 Å². The molecule has 0 aromatic carbocycles. The van der Waals surface area contributed by atoms with Gasteiger partial charge in [0.25, 0.3) is 0 Å². The summed E-state index contributed by atoms with van der Waals surface area (Å²) in [5.41, 5.74) is 0. The van der Waals surface area contributed by atoms with E-state index in [1.54, 1.807) is 0 Å². The van der Waals surface area contributed by atoms with E-state index < -0.39 is 0 Å². The lowest BCUT2D eigenvalue weighted by atomic mass is 10.0. The largest absolute Gasteiger partial charge is 0.0885 e. The van der Waals surface area contributed by atoms with Crippen LogP contribution in [0.3, 0.4) is 0 Å². The topological polar surface area (TPSA) is 0 Å². The Labute approximate surface area is 90.8 Å². The number of allylic oxidation sites excluding steroid dienone is 2. The summed E-state index contributed by atoms with van der Waals surface area (Å²) in [6.07, 6.45) is 15.6. The molecule has 0 radical (unpaired) electrons. The molecule has 0 nitrogen and oxygen atoms in total. The fourth-order valence-electron chi connectivity index (χ4n) is 1.75. The Morgan fingerprint density at radius 1 is 0.929 bits per heavy atom. The number of hydrogen-bond donors (Lipinski definition) is 0. The quantitative estimate of drug-likeness (QED) is 0.345. The number of unbranched alkanes of at least 4 members (excludes halogenated alkanes) is 4. The summed E-state index contributed by atoms with van der Waals surface area (Å²) in [5, 5.41) is 0. The standard InChI is InChI=1S/C14H28/c1-4-6-7-8-9-10-11-13-14(3)12-5-2/h10-11,14H,4-9,12-13H2,1-3H3/b11-10+. The number of hydrogen-bond acceptors (Lipinski definition) is 0. The van der Waals surface area contributed by atoms with Crippen LogP contribution in [0.1, 0.15) is 72.1 Å². The van der Waals surface area contributed by atoms with E-state index in [0.29, 0.717) is 0 Å². The SMILES string of the molecule is CCCCCC/C=C/CC(C)CCC. The third-order valence-electron chi connectivity index (χ3n) is 2.71. The first-order chi connectivity index (χ1) is 6.81. The third kappa shape index (κ3) is 9.83. The second kappa shape index (κ2) is 10.8. The van der Waals surface area contributed by atoms with Crippen LogP contribution in [0.5, 0.6) is 0 Å². The summed E-state index contributed by atoms with van der Waals surface area (Å²) in [5.74, 6) is 0.881. The van der Waals surface area contributed by atoms with Crippen LogP contribution in [0, 0.1) is 5.92 Å². The Hall–Kier alpha value is -0.260. The number of rotatable bonds is 9. The first kappa shape index (κ1) is 13.7. The molecule has 0 saturated carbocycles. The van der Waals surface area contributed by atoms with Crippen LogP contribution in [0.4, 0.5) is 0 Å². The molecule has 0 N–H and O–H groups in total. The maximum Gasteiger partial charge on any atom is -0.0325 e. The Bertz CT molecular complexity index is 124. The van der Waals surface area contributed by atoms with Crippen molar-refractivity contribution in [3.05, 3.63) is 12.2 Å². The molecule has 0 aromatic rings. The van der Waals surface area contributed by atoms with Crippen LogP contribution < -0.4 is 0 Å². The Morgan fingerprint density at radius 2 is 1.71 bits per heavy atom. The lowest BCUT2D eigenvalue weighted by Crippen LogP contribution is -1.90. The van der Waals surface area contributed by atoms with E-state index in [1.807, 2.05) is 0 Å².